The van der Waals surface area contributed by atoms with Gasteiger partial charge < -0.3 is 4.90 Å². The van der Waals surface area contributed by atoms with Gasteiger partial charge in [-0.3, -0.25) is 4.79 Å². The molecule has 1 heterocycles. The smallest absolute Gasteiger partial charge is 0.264 e. The van der Waals surface area contributed by atoms with Crippen LogP contribution in [0.4, 0.5) is 0 Å². The fourth-order valence-corrected chi connectivity index (χ4v) is 3.72. The molecule has 0 N–H and O–H groups in total. The number of benzene rings is 2. The quantitative estimate of drug-likeness (QED) is 0.499. The number of hydrogen-bond acceptors (Lipinski definition) is 2. The van der Waals surface area contributed by atoms with Crippen molar-refractivity contribution in [2.24, 2.45) is 0 Å². The molecule has 0 spiro atoms. The highest BCUT2D eigenvalue weighted by Crippen LogP contribution is 2.30. The van der Waals surface area contributed by atoms with Gasteiger partial charge in [-0.1, -0.05) is 72.6 Å². The predicted molar refractivity (Wildman–Crippen MR) is 109 cm³/mol. The normalized spacial score (nSPS) is 18.2. The van der Waals surface area contributed by atoms with E-state index in [1.165, 1.54) is 5.56 Å². The summed E-state index contributed by atoms with van der Waals surface area (Å²) >= 11 is 12.0. The van der Waals surface area contributed by atoms with Crippen molar-refractivity contribution in [3.8, 4) is 6.07 Å². The summed E-state index contributed by atoms with van der Waals surface area (Å²) in [5.74, 6) is -0.00341. The predicted octanol–water partition coefficient (Wildman–Crippen LogP) is 5.56. The number of carbonyl (C=O) groups excluding carboxylic acids is 1. The van der Waals surface area contributed by atoms with Crippen LogP contribution in [-0.4, -0.2) is 23.9 Å². The molecule has 2 unspecified atom stereocenters. The molecule has 3 nitrogen and oxygen atoms in total. The van der Waals surface area contributed by atoms with Gasteiger partial charge in [0.15, 0.2) is 0 Å². The van der Waals surface area contributed by atoms with Crippen molar-refractivity contribution < 1.29 is 4.79 Å². The van der Waals surface area contributed by atoms with Gasteiger partial charge in [0.25, 0.3) is 5.91 Å². The van der Waals surface area contributed by atoms with Crippen LogP contribution in [0.25, 0.3) is 0 Å². The number of rotatable bonds is 4. The maximum atomic E-state index is 12.8. The molecule has 1 saturated heterocycles. The van der Waals surface area contributed by atoms with Crippen molar-refractivity contribution in [2.45, 2.75) is 25.2 Å². The zero-order chi connectivity index (χ0) is 19.4. The van der Waals surface area contributed by atoms with E-state index in [4.69, 9.17) is 23.2 Å². The van der Waals surface area contributed by atoms with Crippen molar-refractivity contribution in [1.29, 1.82) is 5.26 Å². The molecule has 0 aliphatic carbocycles. The largest absolute Gasteiger partial charge is 0.337 e. The van der Waals surface area contributed by atoms with Crippen LogP contribution in [-0.2, 0) is 4.79 Å². The lowest BCUT2D eigenvalue weighted by molar-refractivity contribution is -0.125. The minimum Gasteiger partial charge on any atom is -0.337 e. The van der Waals surface area contributed by atoms with Gasteiger partial charge >= 0.3 is 0 Å². The average molecular weight is 399 g/mol. The number of allylic oxidation sites excluding steroid dienone is 1. The maximum Gasteiger partial charge on any atom is 0.264 e. The number of carbonyl (C=O) groups is 1. The molecule has 2 aromatic rings. The number of halogens is 2. The number of hydrogen-bond donors (Lipinski definition) is 0. The van der Waals surface area contributed by atoms with E-state index in [-0.39, 0.29) is 17.4 Å². The first-order valence-corrected chi connectivity index (χ1v) is 9.66. The van der Waals surface area contributed by atoms with Gasteiger partial charge in [-0.15, -0.1) is 0 Å². The number of nitrogens with zero attached hydrogens (tertiary/aromatic N) is 2. The molecule has 138 valence electrons. The Labute approximate surface area is 169 Å². The topological polar surface area (TPSA) is 44.1 Å². The minimum absolute atomic E-state index is 0.120. The summed E-state index contributed by atoms with van der Waals surface area (Å²) in [6.45, 7) is 3.24. The summed E-state index contributed by atoms with van der Waals surface area (Å²) < 4.78 is 0. The molecule has 5 heteroatoms. The second-order valence-corrected chi connectivity index (χ2v) is 7.62. The fraction of sp³-hybridized carbons (Fsp3) is 0.273. The zero-order valence-electron chi connectivity index (χ0n) is 15.0. The standard InChI is InChI=1S/C22H20Cl2N2O/c1-15(17-7-8-20(23)21(24)12-17)11-19(13-25)22(27)26-10-9-18(14-26)16-5-3-2-4-6-16/h2-8,11-12,15,18H,9-10,14H2,1H3/b19-11+. The fourth-order valence-electron chi connectivity index (χ4n) is 3.41. The molecule has 3 rings (SSSR count). The molecule has 1 fully saturated rings. The van der Waals surface area contributed by atoms with Crippen LogP contribution in [0, 0.1) is 11.3 Å². The highest BCUT2D eigenvalue weighted by molar-refractivity contribution is 6.42. The second kappa shape index (κ2) is 8.61. The van der Waals surface area contributed by atoms with Gasteiger partial charge in [-0.25, -0.2) is 0 Å². The molecule has 0 radical (unpaired) electrons. The number of nitriles is 1. The highest BCUT2D eigenvalue weighted by atomic mass is 35.5. The molecular weight excluding hydrogens is 379 g/mol. The summed E-state index contributed by atoms with van der Waals surface area (Å²) in [6.07, 6.45) is 2.62. The van der Waals surface area contributed by atoms with Crippen molar-refractivity contribution in [3.05, 3.63) is 81.4 Å². The summed E-state index contributed by atoms with van der Waals surface area (Å²) in [4.78, 5) is 14.6. The van der Waals surface area contributed by atoms with Crippen LogP contribution in [0.2, 0.25) is 10.0 Å². The van der Waals surface area contributed by atoms with Crippen LogP contribution in [0.1, 0.15) is 36.3 Å². The number of likely N-dealkylation sites (tertiary alicyclic amines) is 1. The lowest BCUT2D eigenvalue weighted by atomic mass is 9.98. The molecule has 0 aromatic heterocycles. The first-order valence-electron chi connectivity index (χ1n) is 8.90. The minimum atomic E-state index is -0.206. The van der Waals surface area contributed by atoms with Crippen LogP contribution in [0.15, 0.2) is 60.2 Å². The summed E-state index contributed by atoms with van der Waals surface area (Å²) in [7, 11) is 0. The first kappa shape index (κ1) is 19.5. The van der Waals surface area contributed by atoms with Crippen molar-refractivity contribution in [2.75, 3.05) is 13.1 Å². The van der Waals surface area contributed by atoms with Gasteiger partial charge in [0.2, 0.25) is 0 Å². The van der Waals surface area contributed by atoms with Crippen molar-refractivity contribution >= 4 is 29.1 Å². The molecule has 1 aliphatic heterocycles. The van der Waals surface area contributed by atoms with Crippen LogP contribution < -0.4 is 0 Å². The van der Waals surface area contributed by atoms with Gasteiger partial charge in [0, 0.05) is 24.9 Å². The third-order valence-corrected chi connectivity index (χ3v) is 5.72. The summed E-state index contributed by atoms with van der Waals surface area (Å²) in [5.41, 5.74) is 2.32. The maximum absolute atomic E-state index is 12.8. The lowest BCUT2D eigenvalue weighted by Crippen LogP contribution is -2.29. The Kier molecular flexibility index (Phi) is 6.21. The molecule has 27 heavy (non-hydrogen) atoms. The Bertz CT molecular complexity index is 902. The van der Waals surface area contributed by atoms with E-state index in [9.17, 15) is 10.1 Å². The lowest BCUT2D eigenvalue weighted by Gasteiger charge is -2.17. The second-order valence-electron chi connectivity index (χ2n) is 6.80. The van der Waals surface area contributed by atoms with Gasteiger partial charge in [-0.05, 0) is 29.7 Å². The Hall–Kier alpha value is -2.28. The Morgan fingerprint density at radius 1 is 1.22 bits per heavy atom. The number of amides is 1. The van der Waals surface area contributed by atoms with Crippen molar-refractivity contribution in [1.82, 2.24) is 4.90 Å². The molecule has 1 aliphatic rings. The third-order valence-electron chi connectivity index (χ3n) is 4.98. The van der Waals surface area contributed by atoms with Crippen molar-refractivity contribution in [3.63, 3.8) is 0 Å². The first-order chi connectivity index (χ1) is 13.0. The Balaban J connectivity index is 1.73. The summed E-state index contributed by atoms with van der Waals surface area (Å²) in [5, 5.41) is 10.5. The zero-order valence-corrected chi connectivity index (χ0v) is 16.5. The highest BCUT2D eigenvalue weighted by Gasteiger charge is 2.29. The van der Waals surface area contributed by atoms with E-state index in [2.05, 4.69) is 18.2 Å². The van der Waals surface area contributed by atoms with Gasteiger partial charge in [-0.2, -0.15) is 5.26 Å². The van der Waals surface area contributed by atoms with E-state index < -0.39 is 0 Å². The van der Waals surface area contributed by atoms with Gasteiger partial charge in [0.1, 0.15) is 11.6 Å². The van der Waals surface area contributed by atoms with E-state index in [1.807, 2.05) is 31.2 Å². The average Bonchev–Trinajstić information content (AvgIpc) is 3.18. The van der Waals surface area contributed by atoms with Gasteiger partial charge in [0.05, 0.1) is 10.0 Å². The van der Waals surface area contributed by atoms with Crippen LogP contribution in [0.5, 0.6) is 0 Å². The van der Waals surface area contributed by atoms with E-state index in [0.717, 1.165) is 12.0 Å². The molecule has 0 bridgehead atoms. The van der Waals surface area contributed by atoms with E-state index in [0.29, 0.717) is 29.1 Å². The molecular formula is C22H20Cl2N2O. The molecule has 2 aromatic carbocycles. The third kappa shape index (κ3) is 4.53. The van der Waals surface area contributed by atoms with Crippen LogP contribution in [0.3, 0.4) is 0 Å². The van der Waals surface area contributed by atoms with Crippen LogP contribution >= 0.6 is 23.2 Å². The summed E-state index contributed by atoms with van der Waals surface area (Å²) in [6, 6.07) is 17.6. The molecule has 2 atom stereocenters. The monoisotopic (exact) mass is 398 g/mol. The van der Waals surface area contributed by atoms with E-state index in [1.54, 1.807) is 23.1 Å². The van der Waals surface area contributed by atoms with E-state index >= 15 is 0 Å². The Morgan fingerprint density at radius 3 is 2.63 bits per heavy atom. The SMILES string of the molecule is CC(/C=C(\C#N)C(=O)N1CCC(c2ccccc2)C1)c1ccc(Cl)c(Cl)c1. The Morgan fingerprint density at radius 2 is 1.96 bits per heavy atom. The molecule has 1 amide bonds. The molecule has 0 saturated carbocycles.